The van der Waals surface area contributed by atoms with Crippen molar-refractivity contribution in [1.29, 1.82) is 0 Å². The van der Waals surface area contributed by atoms with Gasteiger partial charge in [-0.2, -0.15) is 0 Å². The lowest BCUT2D eigenvalue weighted by molar-refractivity contribution is 0.0574. The summed E-state index contributed by atoms with van der Waals surface area (Å²) in [6, 6.07) is 4.01. The topological polar surface area (TPSA) is 72.8 Å². The fourth-order valence-corrected chi connectivity index (χ4v) is 3.85. The third-order valence-corrected chi connectivity index (χ3v) is 5.27. The molecule has 0 bridgehead atoms. The van der Waals surface area contributed by atoms with Gasteiger partial charge in [0, 0.05) is 31.9 Å². The van der Waals surface area contributed by atoms with Crippen molar-refractivity contribution < 1.29 is 5.11 Å². The number of hydrogen-bond donors (Lipinski definition) is 3. The molecular weight excluding hydrogens is 465 g/mol. The van der Waals surface area contributed by atoms with Gasteiger partial charge in [0.25, 0.3) is 0 Å². The van der Waals surface area contributed by atoms with Gasteiger partial charge in [0.2, 0.25) is 0 Å². The van der Waals surface area contributed by atoms with Crippen LogP contribution in [0, 0.1) is 0 Å². The van der Waals surface area contributed by atoms with Crippen LogP contribution in [-0.4, -0.2) is 53.9 Å². The normalized spacial score (nSPS) is 22.2. The zero-order valence-electron chi connectivity index (χ0n) is 15.2. The fourth-order valence-electron chi connectivity index (χ4n) is 3.61. The number of hydrogen-bond acceptors (Lipinski definition) is 4. The number of aliphatic hydroxyl groups is 1. The molecule has 146 valence electrons. The molecule has 3 rings (SSSR count). The van der Waals surface area contributed by atoms with E-state index in [0.717, 1.165) is 63.5 Å². The van der Waals surface area contributed by atoms with Gasteiger partial charge < -0.3 is 20.6 Å². The van der Waals surface area contributed by atoms with Crippen molar-refractivity contribution in [2.24, 2.45) is 4.99 Å². The van der Waals surface area contributed by atoms with E-state index in [4.69, 9.17) is 11.6 Å². The summed E-state index contributed by atoms with van der Waals surface area (Å²) in [6.07, 6.45) is 6.67. The van der Waals surface area contributed by atoms with Gasteiger partial charge in [-0.15, -0.1) is 24.0 Å². The molecule has 1 saturated carbocycles. The summed E-state index contributed by atoms with van der Waals surface area (Å²) in [5.74, 6) is 1.62. The van der Waals surface area contributed by atoms with E-state index >= 15 is 0 Å². The lowest BCUT2D eigenvalue weighted by atomic mass is 10.0. The lowest BCUT2D eigenvalue weighted by Gasteiger charge is -2.22. The molecule has 8 heteroatoms. The first-order valence-corrected chi connectivity index (χ1v) is 9.60. The lowest BCUT2D eigenvalue weighted by Crippen LogP contribution is -2.45. The van der Waals surface area contributed by atoms with E-state index in [1.54, 1.807) is 6.20 Å². The molecule has 1 aromatic heterocycles. The zero-order chi connectivity index (χ0) is 17.7. The van der Waals surface area contributed by atoms with Crippen LogP contribution in [0.15, 0.2) is 23.3 Å². The van der Waals surface area contributed by atoms with Crippen molar-refractivity contribution in [3.05, 3.63) is 23.4 Å². The van der Waals surface area contributed by atoms with Gasteiger partial charge in [-0.1, -0.05) is 24.4 Å². The predicted molar refractivity (Wildman–Crippen MR) is 118 cm³/mol. The Hall–Kier alpha value is -0.800. The van der Waals surface area contributed by atoms with Crippen LogP contribution in [0.25, 0.3) is 0 Å². The SMILES string of the molecule is CCNC(=NCC1(O)CCCC1)NC1CCN(c2ncccc2Cl)C1.I. The number of pyridine rings is 1. The summed E-state index contributed by atoms with van der Waals surface area (Å²) in [6.45, 7) is 5.07. The number of guanidine groups is 1. The molecule has 1 aromatic rings. The second-order valence-electron chi connectivity index (χ2n) is 7.01. The Labute approximate surface area is 177 Å². The van der Waals surface area contributed by atoms with Crippen LogP contribution in [0.2, 0.25) is 5.02 Å². The standard InChI is InChI=1S/C18H28ClN5O.HI/c1-2-20-17(22-13-18(25)8-3-4-9-18)23-14-7-11-24(12-14)16-15(19)6-5-10-21-16;/h5-6,10,14,25H,2-4,7-9,11-13H2,1H3,(H2,20,22,23);1H. The molecular formula is C18H29ClIN5O. The molecule has 2 heterocycles. The molecule has 1 atom stereocenters. The average molecular weight is 494 g/mol. The van der Waals surface area contributed by atoms with Crippen LogP contribution in [-0.2, 0) is 0 Å². The highest BCUT2D eigenvalue weighted by molar-refractivity contribution is 14.0. The fraction of sp³-hybridized carbons (Fsp3) is 0.667. The summed E-state index contributed by atoms with van der Waals surface area (Å²) >= 11 is 6.26. The van der Waals surface area contributed by atoms with E-state index in [9.17, 15) is 5.11 Å². The summed E-state index contributed by atoms with van der Waals surface area (Å²) in [4.78, 5) is 11.2. The highest BCUT2D eigenvalue weighted by Crippen LogP contribution is 2.29. The van der Waals surface area contributed by atoms with Gasteiger partial charge in [0.15, 0.2) is 5.96 Å². The largest absolute Gasteiger partial charge is 0.388 e. The molecule has 6 nitrogen and oxygen atoms in total. The molecule has 0 aromatic carbocycles. The van der Waals surface area contributed by atoms with Gasteiger partial charge in [0.1, 0.15) is 5.82 Å². The molecule has 1 aliphatic heterocycles. The Morgan fingerprint density at radius 1 is 1.46 bits per heavy atom. The Morgan fingerprint density at radius 2 is 2.23 bits per heavy atom. The van der Waals surface area contributed by atoms with Gasteiger partial charge in [-0.05, 0) is 38.3 Å². The van der Waals surface area contributed by atoms with E-state index in [1.807, 2.05) is 12.1 Å². The number of nitrogens with one attached hydrogen (secondary N) is 2. The maximum Gasteiger partial charge on any atom is 0.191 e. The van der Waals surface area contributed by atoms with Crippen molar-refractivity contribution in [3.63, 3.8) is 0 Å². The Balaban J connectivity index is 0.00000243. The number of halogens is 2. The van der Waals surface area contributed by atoms with Crippen LogP contribution in [0.1, 0.15) is 39.0 Å². The minimum Gasteiger partial charge on any atom is -0.388 e. The number of aliphatic imine (C=N–C) groups is 1. The van der Waals surface area contributed by atoms with E-state index < -0.39 is 5.60 Å². The van der Waals surface area contributed by atoms with Crippen LogP contribution in [0.5, 0.6) is 0 Å². The van der Waals surface area contributed by atoms with E-state index in [1.165, 1.54) is 0 Å². The van der Waals surface area contributed by atoms with Crippen molar-refractivity contribution in [2.75, 3.05) is 31.1 Å². The second kappa shape index (κ2) is 9.94. The minimum absolute atomic E-state index is 0. The highest BCUT2D eigenvalue weighted by Gasteiger charge is 2.31. The molecule has 3 N–H and O–H groups in total. The number of aromatic nitrogens is 1. The monoisotopic (exact) mass is 493 g/mol. The Bertz CT molecular complexity index is 609. The number of nitrogens with zero attached hydrogens (tertiary/aromatic N) is 3. The van der Waals surface area contributed by atoms with Crippen LogP contribution < -0.4 is 15.5 Å². The first-order chi connectivity index (χ1) is 12.1. The first-order valence-electron chi connectivity index (χ1n) is 9.22. The van der Waals surface area contributed by atoms with Crippen LogP contribution in [0.4, 0.5) is 5.82 Å². The average Bonchev–Trinajstić information content (AvgIpc) is 3.23. The van der Waals surface area contributed by atoms with Gasteiger partial charge in [-0.25, -0.2) is 4.98 Å². The quantitative estimate of drug-likeness (QED) is 0.334. The van der Waals surface area contributed by atoms with Crippen molar-refractivity contribution >= 4 is 47.4 Å². The van der Waals surface area contributed by atoms with Crippen molar-refractivity contribution in [2.45, 2.75) is 50.7 Å². The smallest absolute Gasteiger partial charge is 0.191 e. The molecule has 2 fully saturated rings. The molecule has 0 radical (unpaired) electrons. The highest BCUT2D eigenvalue weighted by atomic mass is 127. The van der Waals surface area contributed by atoms with Gasteiger partial charge in [0.05, 0.1) is 17.2 Å². The molecule has 26 heavy (non-hydrogen) atoms. The third-order valence-electron chi connectivity index (χ3n) is 4.98. The molecule has 2 aliphatic rings. The predicted octanol–water partition coefficient (Wildman–Crippen LogP) is 2.79. The second-order valence-corrected chi connectivity index (χ2v) is 7.42. The third kappa shape index (κ3) is 5.60. The van der Waals surface area contributed by atoms with Crippen LogP contribution in [0.3, 0.4) is 0 Å². The van der Waals surface area contributed by atoms with Gasteiger partial charge >= 0.3 is 0 Å². The number of rotatable bonds is 5. The Morgan fingerprint density at radius 3 is 2.92 bits per heavy atom. The summed E-state index contributed by atoms with van der Waals surface area (Å²) in [7, 11) is 0. The minimum atomic E-state index is -0.619. The molecule has 1 aliphatic carbocycles. The van der Waals surface area contributed by atoms with E-state index in [0.29, 0.717) is 11.6 Å². The summed E-state index contributed by atoms with van der Waals surface area (Å²) < 4.78 is 0. The van der Waals surface area contributed by atoms with E-state index in [-0.39, 0.29) is 30.0 Å². The molecule has 0 spiro atoms. The van der Waals surface area contributed by atoms with Crippen molar-refractivity contribution in [3.8, 4) is 0 Å². The number of anilines is 1. The van der Waals surface area contributed by atoms with E-state index in [2.05, 4.69) is 32.4 Å². The maximum atomic E-state index is 10.5. The first kappa shape index (κ1) is 21.5. The molecule has 0 amide bonds. The van der Waals surface area contributed by atoms with Crippen LogP contribution >= 0.6 is 35.6 Å². The summed E-state index contributed by atoms with van der Waals surface area (Å²) in [5, 5.41) is 18.0. The maximum absolute atomic E-state index is 10.5. The molecule has 1 unspecified atom stereocenters. The summed E-state index contributed by atoms with van der Waals surface area (Å²) in [5.41, 5.74) is -0.619. The van der Waals surface area contributed by atoms with Crippen molar-refractivity contribution in [1.82, 2.24) is 15.6 Å². The van der Waals surface area contributed by atoms with Gasteiger partial charge in [-0.3, -0.25) is 4.99 Å². The molecule has 1 saturated heterocycles. The zero-order valence-corrected chi connectivity index (χ0v) is 18.3. The Kier molecular flexibility index (Phi) is 8.22.